The molecular formula is C20H15F4N5OS2. The van der Waals surface area contributed by atoms with Crippen LogP contribution in [0.1, 0.15) is 12.5 Å². The van der Waals surface area contributed by atoms with Crippen LogP contribution in [0.5, 0.6) is 0 Å². The highest BCUT2D eigenvalue weighted by Gasteiger charge is 2.40. The van der Waals surface area contributed by atoms with E-state index in [0.717, 1.165) is 41.5 Å². The summed E-state index contributed by atoms with van der Waals surface area (Å²) in [6.07, 6.45) is 2.62. The molecule has 12 heteroatoms. The Kier molecular flexibility index (Phi) is 6.26. The van der Waals surface area contributed by atoms with Crippen LogP contribution in [0.3, 0.4) is 0 Å². The van der Waals surface area contributed by atoms with Crippen molar-refractivity contribution < 1.29 is 22.7 Å². The van der Waals surface area contributed by atoms with Gasteiger partial charge in [-0.2, -0.15) is 9.47 Å². The third-order valence-corrected chi connectivity index (χ3v) is 6.87. The van der Waals surface area contributed by atoms with Crippen LogP contribution in [0, 0.1) is 23.3 Å². The van der Waals surface area contributed by atoms with Crippen molar-refractivity contribution in [1.82, 2.24) is 24.1 Å². The zero-order valence-electron chi connectivity index (χ0n) is 16.4. The molecule has 2 heterocycles. The lowest BCUT2D eigenvalue weighted by molar-refractivity contribution is 0.0133. The van der Waals surface area contributed by atoms with Crippen LogP contribution >= 0.6 is 23.3 Å². The molecule has 0 aliphatic heterocycles. The van der Waals surface area contributed by atoms with Crippen molar-refractivity contribution in [3.05, 3.63) is 77.9 Å². The van der Waals surface area contributed by atoms with Gasteiger partial charge in [-0.1, -0.05) is 23.9 Å². The minimum Gasteiger partial charge on any atom is -0.382 e. The highest BCUT2D eigenvalue weighted by molar-refractivity contribution is 8.01. The van der Waals surface area contributed by atoms with E-state index in [1.165, 1.54) is 29.5 Å². The number of hydrogen-bond donors (Lipinski definition) is 1. The fraction of sp³-hybridized carbons (Fsp3) is 0.200. The minimum atomic E-state index is -1.86. The van der Waals surface area contributed by atoms with E-state index in [-0.39, 0.29) is 23.5 Å². The molecule has 1 N–H and O–H groups in total. The van der Waals surface area contributed by atoms with Crippen molar-refractivity contribution in [1.29, 1.82) is 0 Å². The second kappa shape index (κ2) is 8.96. The van der Waals surface area contributed by atoms with Gasteiger partial charge >= 0.3 is 0 Å². The molecule has 0 bridgehead atoms. The quantitative estimate of drug-likeness (QED) is 0.311. The third-order valence-electron chi connectivity index (χ3n) is 4.81. The maximum atomic E-state index is 14.6. The molecule has 4 rings (SSSR count). The van der Waals surface area contributed by atoms with E-state index < -0.39 is 34.1 Å². The van der Waals surface area contributed by atoms with Crippen LogP contribution in [-0.2, 0) is 12.1 Å². The normalized spacial score (nSPS) is 14.3. The van der Waals surface area contributed by atoms with Crippen LogP contribution in [0.4, 0.5) is 17.6 Å². The number of nitrogens with zero attached hydrogens (tertiary/aromatic N) is 5. The Balaban J connectivity index is 1.66. The molecule has 2 aromatic heterocycles. The molecule has 2 unspecified atom stereocenters. The first-order valence-corrected chi connectivity index (χ1v) is 10.9. The number of hydrogen-bond acceptors (Lipinski definition) is 7. The molecule has 4 aromatic rings. The summed E-state index contributed by atoms with van der Waals surface area (Å²) in [5, 5.41) is 14.7. The average molecular weight is 482 g/mol. The summed E-state index contributed by atoms with van der Waals surface area (Å²) in [5.41, 5.74) is -2.35. The van der Waals surface area contributed by atoms with E-state index in [4.69, 9.17) is 0 Å². The van der Waals surface area contributed by atoms with Gasteiger partial charge < -0.3 is 5.11 Å². The van der Waals surface area contributed by atoms with Gasteiger partial charge in [0.15, 0.2) is 10.2 Å². The van der Waals surface area contributed by atoms with Crippen LogP contribution < -0.4 is 0 Å². The fourth-order valence-electron chi connectivity index (χ4n) is 3.15. The predicted octanol–water partition coefficient (Wildman–Crippen LogP) is 4.42. The van der Waals surface area contributed by atoms with Gasteiger partial charge in [-0.15, -0.1) is 0 Å². The van der Waals surface area contributed by atoms with Crippen LogP contribution in [0.15, 0.2) is 53.4 Å². The maximum absolute atomic E-state index is 14.6. The molecule has 2 atom stereocenters. The largest absolute Gasteiger partial charge is 0.382 e. The highest BCUT2D eigenvalue weighted by Crippen LogP contribution is 2.40. The van der Waals surface area contributed by atoms with Gasteiger partial charge in [-0.05, 0) is 36.7 Å². The SMILES string of the molecule is CC(Sc1nc(-c2c(F)cccc2F)ns1)C(O)(Cn1cncn1)c1ccc(F)cc1F. The Morgan fingerprint density at radius 1 is 1.12 bits per heavy atom. The Morgan fingerprint density at radius 2 is 1.88 bits per heavy atom. The number of halogens is 4. The number of aliphatic hydroxyl groups is 1. The van der Waals surface area contributed by atoms with Gasteiger partial charge in [0.2, 0.25) is 0 Å². The summed E-state index contributed by atoms with van der Waals surface area (Å²) >= 11 is 1.92. The van der Waals surface area contributed by atoms with Crippen LogP contribution in [0.2, 0.25) is 0 Å². The molecule has 0 aliphatic carbocycles. The molecule has 32 heavy (non-hydrogen) atoms. The van der Waals surface area contributed by atoms with Gasteiger partial charge in [0.1, 0.15) is 41.5 Å². The number of aromatic nitrogens is 5. The molecule has 0 radical (unpaired) electrons. The van der Waals surface area contributed by atoms with E-state index in [0.29, 0.717) is 10.4 Å². The van der Waals surface area contributed by atoms with Gasteiger partial charge in [-0.3, -0.25) is 0 Å². The van der Waals surface area contributed by atoms with Gasteiger partial charge in [-0.25, -0.2) is 32.2 Å². The Bertz CT molecular complexity index is 1220. The van der Waals surface area contributed by atoms with Crippen LogP contribution in [-0.4, -0.2) is 34.5 Å². The fourth-order valence-corrected chi connectivity index (χ4v) is 5.13. The second-order valence-electron chi connectivity index (χ2n) is 6.88. The Morgan fingerprint density at radius 3 is 2.53 bits per heavy atom. The number of thioether (sulfide) groups is 1. The van der Waals surface area contributed by atoms with Crippen molar-refractivity contribution in [2.75, 3.05) is 0 Å². The molecular weight excluding hydrogens is 466 g/mol. The topological polar surface area (TPSA) is 76.7 Å². The summed E-state index contributed by atoms with van der Waals surface area (Å²) in [6.45, 7) is 1.44. The third kappa shape index (κ3) is 4.38. The predicted molar refractivity (Wildman–Crippen MR) is 111 cm³/mol. The lowest BCUT2D eigenvalue weighted by Crippen LogP contribution is -2.41. The zero-order chi connectivity index (χ0) is 22.9. The lowest BCUT2D eigenvalue weighted by Gasteiger charge is -2.33. The lowest BCUT2D eigenvalue weighted by atomic mass is 9.90. The average Bonchev–Trinajstić information content (AvgIpc) is 3.40. The Hall–Kier alpha value is -2.83. The molecule has 2 aromatic carbocycles. The van der Waals surface area contributed by atoms with Gasteiger partial charge in [0.05, 0.1) is 12.1 Å². The molecule has 6 nitrogen and oxygen atoms in total. The smallest absolute Gasteiger partial charge is 0.179 e. The molecule has 0 fully saturated rings. The summed E-state index contributed by atoms with van der Waals surface area (Å²) < 4.78 is 61.8. The molecule has 0 aliphatic rings. The van der Waals surface area contributed by atoms with E-state index in [1.807, 2.05) is 0 Å². The molecule has 0 amide bonds. The maximum Gasteiger partial charge on any atom is 0.179 e. The molecule has 0 saturated heterocycles. The van der Waals surface area contributed by atoms with Crippen molar-refractivity contribution in [3.8, 4) is 11.4 Å². The van der Waals surface area contributed by atoms with Crippen molar-refractivity contribution in [2.45, 2.75) is 28.7 Å². The van der Waals surface area contributed by atoms with Crippen molar-refractivity contribution in [2.24, 2.45) is 0 Å². The highest BCUT2D eigenvalue weighted by atomic mass is 32.2. The first kappa shape index (κ1) is 22.4. The van der Waals surface area contributed by atoms with E-state index >= 15 is 0 Å². The van der Waals surface area contributed by atoms with E-state index in [1.54, 1.807) is 6.92 Å². The van der Waals surface area contributed by atoms with E-state index in [9.17, 15) is 22.7 Å². The number of rotatable bonds is 7. The minimum absolute atomic E-state index is 0.131. The first-order valence-electron chi connectivity index (χ1n) is 9.23. The van der Waals surface area contributed by atoms with Crippen molar-refractivity contribution in [3.63, 3.8) is 0 Å². The summed E-state index contributed by atoms with van der Waals surface area (Å²) in [5.74, 6) is -3.44. The summed E-state index contributed by atoms with van der Waals surface area (Å²) in [6, 6.07) is 6.33. The molecule has 0 saturated carbocycles. The first-order chi connectivity index (χ1) is 15.3. The number of benzene rings is 2. The Labute approximate surface area is 188 Å². The van der Waals surface area contributed by atoms with Gasteiger partial charge in [0.25, 0.3) is 0 Å². The summed E-state index contributed by atoms with van der Waals surface area (Å²) in [4.78, 5) is 8.00. The van der Waals surface area contributed by atoms with E-state index in [2.05, 4.69) is 19.4 Å². The van der Waals surface area contributed by atoms with Crippen LogP contribution in [0.25, 0.3) is 11.4 Å². The second-order valence-corrected chi connectivity index (χ2v) is 9.22. The molecule has 0 spiro atoms. The summed E-state index contributed by atoms with van der Waals surface area (Å²) in [7, 11) is 0. The standard InChI is InChI=1S/C20H15F4N5OS2/c1-11(31-19-27-18(28-32-19)17-14(22)3-2-4-15(17)23)20(30,8-29-10-25-9-26-29)13-6-5-12(21)7-16(13)24/h2-7,9-11,30H,8H2,1H3. The zero-order valence-corrected chi connectivity index (χ0v) is 18.0. The van der Waals surface area contributed by atoms with Crippen molar-refractivity contribution >= 4 is 23.3 Å². The monoisotopic (exact) mass is 481 g/mol. The molecule has 166 valence electrons. The van der Waals surface area contributed by atoms with Gasteiger partial charge in [0, 0.05) is 16.9 Å².